The highest BCUT2D eigenvalue weighted by molar-refractivity contribution is 6.30. The molecule has 0 amide bonds. The zero-order valence-electron chi connectivity index (χ0n) is 24.3. The van der Waals surface area contributed by atoms with Crippen LogP contribution in [0.15, 0.2) is 54.6 Å². The molecule has 1 aromatic heterocycles. The van der Waals surface area contributed by atoms with Crippen LogP contribution in [0.4, 0.5) is 22.9 Å². The van der Waals surface area contributed by atoms with Crippen LogP contribution < -0.4 is 10.2 Å². The molecule has 0 bridgehead atoms. The van der Waals surface area contributed by atoms with Crippen LogP contribution in [0.3, 0.4) is 0 Å². The van der Waals surface area contributed by atoms with E-state index in [-0.39, 0.29) is 49.0 Å². The molecule has 228 valence electrons. The van der Waals surface area contributed by atoms with Gasteiger partial charge in [-0.05, 0) is 55.2 Å². The number of aliphatic hydroxyl groups excluding tert-OH is 2. The first kappa shape index (κ1) is 29.7. The van der Waals surface area contributed by atoms with Crippen LogP contribution in [-0.2, 0) is 9.47 Å². The molecule has 0 saturated carbocycles. The normalized spacial score (nSPS) is 13.6. The van der Waals surface area contributed by atoms with E-state index < -0.39 is 11.9 Å². The highest BCUT2D eigenvalue weighted by Crippen LogP contribution is 2.50. The molecule has 0 radical (unpaired) electrons. The minimum Gasteiger partial charge on any atom is -0.460 e. The van der Waals surface area contributed by atoms with Crippen molar-refractivity contribution in [2.24, 2.45) is 0 Å². The quantitative estimate of drug-likeness (QED) is 0.154. The van der Waals surface area contributed by atoms with E-state index in [0.29, 0.717) is 50.3 Å². The fourth-order valence-electron chi connectivity index (χ4n) is 5.94. The van der Waals surface area contributed by atoms with Crippen LogP contribution in [0.25, 0.3) is 26.9 Å². The van der Waals surface area contributed by atoms with Crippen molar-refractivity contribution in [1.82, 2.24) is 4.98 Å². The summed E-state index contributed by atoms with van der Waals surface area (Å²) in [6.07, 6.45) is 3.15. The Balaban J connectivity index is 1.52. The maximum atomic E-state index is 14.1. The van der Waals surface area contributed by atoms with Gasteiger partial charge in [0.05, 0.1) is 47.7 Å². The van der Waals surface area contributed by atoms with Crippen LogP contribution in [0.5, 0.6) is 0 Å². The van der Waals surface area contributed by atoms with Gasteiger partial charge in [0, 0.05) is 35.3 Å². The molecule has 45 heavy (non-hydrogen) atoms. The van der Waals surface area contributed by atoms with Crippen molar-refractivity contribution in [1.29, 1.82) is 0 Å². The minimum atomic E-state index is -0.771. The van der Waals surface area contributed by atoms with E-state index in [1.54, 1.807) is 24.3 Å². The summed E-state index contributed by atoms with van der Waals surface area (Å²) in [5.74, 6) is -1.18. The molecule has 3 aromatic carbocycles. The van der Waals surface area contributed by atoms with Crippen LogP contribution in [0, 0.1) is 6.57 Å². The number of hydrogen-bond donors (Lipinski definition) is 3. The number of benzene rings is 3. The molecule has 1 aliphatic carbocycles. The Morgan fingerprint density at radius 3 is 2.16 bits per heavy atom. The Hall–Kier alpha value is -5.31. The summed E-state index contributed by atoms with van der Waals surface area (Å²) < 4.78 is 10.1. The van der Waals surface area contributed by atoms with E-state index >= 15 is 0 Å². The molecular weight excluding hydrogens is 576 g/mol. The molecular formula is C34H30N4O7. The van der Waals surface area contributed by atoms with Gasteiger partial charge in [0.25, 0.3) is 0 Å². The zero-order chi connectivity index (χ0) is 31.5. The van der Waals surface area contributed by atoms with Crippen molar-refractivity contribution in [2.45, 2.75) is 19.3 Å². The lowest BCUT2D eigenvalue weighted by Crippen LogP contribution is -2.30. The average molecular weight is 607 g/mol. The van der Waals surface area contributed by atoms with E-state index in [9.17, 15) is 14.4 Å². The number of nitrogens with one attached hydrogen (secondary N) is 1. The Kier molecular flexibility index (Phi) is 8.42. The maximum Gasteiger partial charge on any atom is 0.338 e. The van der Waals surface area contributed by atoms with Gasteiger partial charge in [-0.1, -0.05) is 24.3 Å². The molecule has 6 rings (SSSR count). The molecule has 2 heterocycles. The Morgan fingerprint density at radius 2 is 1.53 bits per heavy atom. The largest absolute Gasteiger partial charge is 0.460 e. The number of ether oxygens (including phenoxy) is 2. The third-order valence-corrected chi connectivity index (χ3v) is 7.88. The summed E-state index contributed by atoms with van der Waals surface area (Å²) in [5, 5.41) is 22.0. The van der Waals surface area contributed by atoms with Gasteiger partial charge in [0.2, 0.25) is 5.69 Å². The molecule has 4 aromatic rings. The summed E-state index contributed by atoms with van der Waals surface area (Å²) in [6.45, 7) is 8.59. The fourth-order valence-corrected chi connectivity index (χ4v) is 5.94. The number of ketones is 1. The van der Waals surface area contributed by atoms with Crippen molar-refractivity contribution in [3.05, 3.63) is 88.3 Å². The standard InChI is InChI=1S/C34H30N4O7/c1-35-30-27-23-7-3-4-8-24(23)31(41)29-26(10-9-25(28(27)29)37-32(30)38-11-5-2-6-12-38)36-22-18-20(33(42)44-15-13-39)17-21(19-22)34(43)45-16-14-40/h3-4,7-10,17-19,36,39-40H,2,5-6,11-16H2. The molecule has 2 aliphatic rings. The average Bonchev–Trinajstić information content (AvgIpc) is 3.08. The number of fused-ring (bicyclic) bond motifs is 2. The molecule has 0 unspecified atom stereocenters. The van der Waals surface area contributed by atoms with Gasteiger partial charge in [0.1, 0.15) is 19.0 Å². The van der Waals surface area contributed by atoms with Gasteiger partial charge >= 0.3 is 11.9 Å². The maximum absolute atomic E-state index is 14.1. The molecule has 1 aliphatic heterocycles. The monoisotopic (exact) mass is 606 g/mol. The predicted molar refractivity (Wildman–Crippen MR) is 167 cm³/mol. The number of carbonyl (C=O) groups excluding carboxylic acids is 3. The van der Waals surface area contributed by atoms with E-state index in [1.807, 2.05) is 12.1 Å². The number of esters is 2. The van der Waals surface area contributed by atoms with Gasteiger partial charge in [-0.25, -0.2) is 19.4 Å². The summed E-state index contributed by atoms with van der Waals surface area (Å²) in [7, 11) is 0. The molecule has 11 nitrogen and oxygen atoms in total. The molecule has 1 fully saturated rings. The third-order valence-electron chi connectivity index (χ3n) is 7.88. The van der Waals surface area contributed by atoms with Gasteiger partial charge in [-0.15, -0.1) is 0 Å². The predicted octanol–water partition coefficient (Wildman–Crippen LogP) is 5.03. The molecule has 3 N–H and O–H groups in total. The first-order valence-electron chi connectivity index (χ1n) is 14.7. The summed E-state index contributed by atoms with van der Waals surface area (Å²) in [5.41, 5.74) is 3.78. The van der Waals surface area contributed by atoms with E-state index in [0.717, 1.165) is 32.4 Å². The van der Waals surface area contributed by atoms with Gasteiger partial charge in [-0.2, -0.15) is 0 Å². The van der Waals surface area contributed by atoms with Crippen LogP contribution in [-0.4, -0.2) is 72.4 Å². The van der Waals surface area contributed by atoms with Crippen molar-refractivity contribution in [3.63, 3.8) is 0 Å². The number of pyridine rings is 1. The number of rotatable bonds is 9. The number of aliphatic hydroxyl groups is 2. The smallest absolute Gasteiger partial charge is 0.338 e. The number of piperidine rings is 1. The van der Waals surface area contributed by atoms with Crippen molar-refractivity contribution in [2.75, 3.05) is 49.7 Å². The highest BCUT2D eigenvalue weighted by Gasteiger charge is 2.33. The zero-order valence-corrected chi connectivity index (χ0v) is 24.3. The van der Waals surface area contributed by atoms with E-state index in [1.165, 1.54) is 18.2 Å². The van der Waals surface area contributed by atoms with Crippen LogP contribution in [0.2, 0.25) is 0 Å². The fraction of sp³-hybridized carbons (Fsp3) is 0.265. The molecule has 0 atom stereocenters. The second-order valence-electron chi connectivity index (χ2n) is 10.7. The summed E-state index contributed by atoms with van der Waals surface area (Å²) in [4.78, 5) is 50.6. The second-order valence-corrected chi connectivity index (χ2v) is 10.7. The Bertz CT molecular complexity index is 1840. The number of anilines is 3. The lowest BCUT2D eigenvalue weighted by Gasteiger charge is -2.31. The summed E-state index contributed by atoms with van der Waals surface area (Å²) in [6, 6.07) is 15.0. The Labute approximate surface area is 258 Å². The first-order valence-corrected chi connectivity index (χ1v) is 14.7. The summed E-state index contributed by atoms with van der Waals surface area (Å²) >= 11 is 0. The molecule has 0 spiro atoms. The number of carbonyl (C=O) groups is 3. The van der Waals surface area contributed by atoms with Crippen LogP contribution in [0.1, 0.15) is 55.9 Å². The van der Waals surface area contributed by atoms with Gasteiger partial charge in [0.15, 0.2) is 5.78 Å². The first-order chi connectivity index (χ1) is 21.9. The highest BCUT2D eigenvalue weighted by atomic mass is 16.5. The van der Waals surface area contributed by atoms with Gasteiger partial charge < -0.3 is 29.9 Å². The van der Waals surface area contributed by atoms with E-state index in [2.05, 4.69) is 15.1 Å². The SMILES string of the molecule is [C-]#[N+]c1c(N2CCCCC2)nc2ccc(Nc3cc(C(=O)OCCO)cc(C(=O)OCCO)c3)c3c2c1-c1ccccc1C3=O. The van der Waals surface area contributed by atoms with Gasteiger partial charge in [-0.3, -0.25) is 4.79 Å². The minimum absolute atomic E-state index is 0.0133. The number of nitrogens with zero attached hydrogens (tertiary/aromatic N) is 3. The number of aromatic nitrogens is 1. The second kappa shape index (κ2) is 12.7. The third kappa shape index (κ3) is 5.57. The lowest BCUT2D eigenvalue weighted by atomic mass is 9.82. The lowest BCUT2D eigenvalue weighted by molar-refractivity contribution is 0.0430. The number of hydrogen-bond acceptors (Lipinski definition) is 10. The van der Waals surface area contributed by atoms with Crippen molar-refractivity contribution >= 4 is 51.5 Å². The van der Waals surface area contributed by atoms with Crippen molar-refractivity contribution in [3.8, 4) is 11.1 Å². The van der Waals surface area contributed by atoms with Crippen LogP contribution >= 0.6 is 0 Å². The van der Waals surface area contributed by atoms with E-state index in [4.69, 9.17) is 31.2 Å². The topological polar surface area (TPSA) is 143 Å². The Morgan fingerprint density at radius 1 is 0.889 bits per heavy atom. The van der Waals surface area contributed by atoms with Crippen molar-refractivity contribution < 1.29 is 34.1 Å². The molecule has 11 heteroatoms. The molecule has 1 saturated heterocycles.